The maximum atomic E-state index is 12.8. The number of amides is 1. The number of aryl methyl sites for hydroxylation is 1. The summed E-state index contributed by atoms with van der Waals surface area (Å²) in [5, 5.41) is 3.19. The average Bonchev–Trinajstić information content (AvgIpc) is 2.73. The number of nitrogens with one attached hydrogen (secondary N) is 1. The highest BCUT2D eigenvalue weighted by Gasteiger charge is 2.18. The Labute approximate surface area is 165 Å². The molecule has 3 aromatic carbocycles. The maximum absolute atomic E-state index is 12.8. The minimum absolute atomic E-state index is 0.0360. The van der Waals surface area contributed by atoms with Crippen molar-refractivity contribution in [2.75, 3.05) is 13.2 Å². The largest absolute Gasteiger partial charge is 0.486 e. The quantitative estimate of drug-likeness (QED) is 0.729. The number of hydrogen-bond donors (Lipinski definition) is 1. The highest BCUT2D eigenvalue weighted by Crippen LogP contribution is 2.31. The summed E-state index contributed by atoms with van der Waals surface area (Å²) in [5.74, 6) is 1.40. The Morgan fingerprint density at radius 3 is 2.32 bits per heavy atom. The summed E-state index contributed by atoms with van der Waals surface area (Å²) in [5.41, 5.74) is 4.21. The van der Waals surface area contributed by atoms with Crippen LogP contribution in [0.1, 0.15) is 28.3 Å². The fourth-order valence-electron chi connectivity index (χ4n) is 3.36. The van der Waals surface area contributed by atoms with Crippen LogP contribution in [0.3, 0.4) is 0 Å². The number of ether oxygens (including phenoxy) is 2. The van der Waals surface area contributed by atoms with Crippen LogP contribution in [0.2, 0.25) is 0 Å². The second-order valence-electron chi connectivity index (χ2n) is 6.98. The summed E-state index contributed by atoms with van der Waals surface area (Å²) in [7, 11) is 0. The van der Waals surface area contributed by atoms with Crippen molar-refractivity contribution in [2.45, 2.75) is 19.4 Å². The molecule has 4 nitrogen and oxygen atoms in total. The van der Waals surface area contributed by atoms with E-state index in [-0.39, 0.29) is 18.4 Å². The van der Waals surface area contributed by atoms with Crippen LogP contribution < -0.4 is 14.8 Å². The minimum atomic E-state index is -0.188. The molecular formula is C24H23NO3. The molecule has 0 radical (unpaired) electrons. The van der Waals surface area contributed by atoms with Gasteiger partial charge in [0.25, 0.3) is 0 Å². The summed E-state index contributed by atoms with van der Waals surface area (Å²) in [6.45, 7) is 3.15. The Kier molecular flexibility index (Phi) is 5.29. The van der Waals surface area contributed by atoms with Gasteiger partial charge >= 0.3 is 0 Å². The van der Waals surface area contributed by atoms with Gasteiger partial charge in [-0.1, -0.05) is 66.2 Å². The van der Waals surface area contributed by atoms with E-state index < -0.39 is 0 Å². The summed E-state index contributed by atoms with van der Waals surface area (Å²) in [6, 6.07) is 23.8. The lowest BCUT2D eigenvalue weighted by Gasteiger charge is -2.21. The highest BCUT2D eigenvalue weighted by molar-refractivity contribution is 5.79. The van der Waals surface area contributed by atoms with Gasteiger partial charge in [-0.05, 0) is 35.7 Å². The molecule has 28 heavy (non-hydrogen) atoms. The topological polar surface area (TPSA) is 47.6 Å². The number of carbonyl (C=O) groups excluding carboxylic acids is 1. The molecule has 0 saturated carbocycles. The van der Waals surface area contributed by atoms with Crippen LogP contribution in [0.15, 0.2) is 72.8 Å². The fraction of sp³-hybridized carbons (Fsp3) is 0.208. The number of hydrogen-bond acceptors (Lipinski definition) is 3. The first-order chi connectivity index (χ1) is 13.7. The lowest BCUT2D eigenvalue weighted by molar-refractivity contribution is -0.120. The zero-order valence-electron chi connectivity index (χ0n) is 15.9. The number of benzene rings is 3. The van der Waals surface area contributed by atoms with Crippen LogP contribution >= 0.6 is 0 Å². The first-order valence-corrected chi connectivity index (χ1v) is 9.48. The van der Waals surface area contributed by atoms with Crippen LogP contribution in [0.5, 0.6) is 11.5 Å². The molecule has 1 heterocycles. The molecular weight excluding hydrogens is 350 g/mol. The Balaban J connectivity index is 1.53. The Morgan fingerprint density at radius 1 is 0.893 bits per heavy atom. The van der Waals surface area contributed by atoms with Crippen molar-refractivity contribution in [3.63, 3.8) is 0 Å². The third kappa shape index (κ3) is 4.17. The molecule has 1 aliphatic rings. The predicted molar refractivity (Wildman–Crippen MR) is 109 cm³/mol. The van der Waals surface area contributed by atoms with Crippen molar-refractivity contribution in [3.05, 3.63) is 95.1 Å². The summed E-state index contributed by atoms with van der Waals surface area (Å²) >= 11 is 0. The molecule has 1 atom stereocenters. The first kappa shape index (κ1) is 18.1. The zero-order chi connectivity index (χ0) is 19.3. The van der Waals surface area contributed by atoms with Crippen molar-refractivity contribution >= 4 is 5.91 Å². The second kappa shape index (κ2) is 8.17. The molecule has 1 aliphatic heterocycles. The van der Waals surface area contributed by atoms with Crippen LogP contribution in [0.25, 0.3) is 0 Å². The second-order valence-corrected chi connectivity index (χ2v) is 6.98. The van der Waals surface area contributed by atoms with Crippen molar-refractivity contribution in [1.29, 1.82) is 0 Å². The van der Waals surface area contributed by atoms with Gasteiger partial charge in [0.15, 0.2) is 11.5 Å². The minimum Gasteiger partial charge on any atom is -0.486 e. The van der Waals surface area contributed by atoms with Crippen LogP contribution in [-0.4, -0.2) is 19.1 Å². The molecule has 142 valence electrons. The van der Waals surface area contributed by atoms with E-state index in [4.69, 9.17) is 9.47 Å². The molecule has 0 aliphatic carbocycles. The summed E-state index contributed by atoms with van der Waals surface area (Å²) < 4.78 is 11.2. The third-order valence-electron chi connectivity index (χ3n) is 4.82. The fourth-order valence-corrected chi connectivity index (χ4v) is 3.36. The van der Waals surface area contributed by atoms with Crippen LogP contribution in [0, 0.1) is 6.92 Å². The van der Waals surface area contributed by atoms with Gasteiger partial charge in [0.1, 0.15) is 13.2 Å². The molecule has 1 N–H and O–H groups in total. The van der Waals surface area contributed by atoms with E-state index in [1.165, 1.54) is 5.56 Å². The Hall–Kier alpha value is -3.27. The van der Waals surface area contributed by atoms with E-state index >= 15 is 0 Å². The summed E-state index contributed by atoms with van der Waals surface area (Å²) in [6.07, 6.45) is 0.284. The molecule has 4 heteroatoms. The normalized spacial score (nSPS) is 13.6. The molecule has 0 spiro atoms. The van der Waals surface area contributed by atoms with Gasteiger partial charge in [0, 0.05) is 0 Å². The monoisotopic (exact) mass is 373 g/mol. The Bertz CT molecular complexity index is 951. The average molecular weight is 373 g/mol. The highest BCUT2D eigenvalue weighted by atomic mass is 16.6. The molecule has 0 fully saturated rings. The predicted octanol–water partition coefficient (Wildman–Crippen LogP) is 4.21. The smallest absolute Gasteiger partial charge is 0.225 e. The standard InChI is InChI=1S/C24H23NO3/c1-17-7-10-20(11-8-17)24(19-5-3-2-4-6-19)25-23(26)16-18-9-12-21-22(15-18)28-14-13-27-21/h2-12,15,24H,13-14,16H2,1H3,(H,25,26). The van der Waals surface area contributed by atoms with E-state index in [0.29, 0.717) is 19.0 Å². The van der Waals surface area contributed by atoms with E-state index in [1.54, 1.807) is 0 Å². The van der Waals surface area contributed by atoms with E-state index in [0.717, 1.165) is 22.4 Å². The molecule has 3 aromatic rings. The van der Waals surface area contributed by atoms with Gasteiger partial charge in [-0.2, -0.15) is 0 Å². The maximum Gasteiger partial charge on any atom is 0.225 e. The van der Waals surface area contributed by atoms with Crippen molar-refractivity contribution in [2.24, 2.45) is 0 Å². The van der Waals surface area contributed by atoms with Crippen molar-refractivity contribution in [3.8, 4) is 11.5 Å². The van der Waals surface area contributed by atoms with Crippen molar-refractivity contribution < 1.29 is 14.3 Å². The van der Waals surface area contributed by atoms with Gasteiger partial charge in [-0.15, -0.1) is 0 Å². The van der Waals surface area contributed by atoms with Gasteiger partial charge in [-0.25, -0.2) is 0 Å². The van der Waals surface area contributed by atoms with Crippen molar-refractivity contribution in [1.82, 2.24) is 5.32 Å². The van der Waals surface area contributed by atoms with E-state index in [9.17, 15) is 4.79 Å². The van der Waals surface area contributed by atoms with Gasteiger partial charge in [0.05, 0.1) is 12.5 Å². The lowest BCUT2D eigenvalue weighted by Crippen LogP contribution is -2.30. The first-order valence-electron chi connectivity index (χ1n) is 9.48. The molecule has 0 saturated heterocycles. The SMILES string of the molecule is Cc1ccc(C(NC(=O)Cc2ccc3c(c2)OCCO3)c2ccccc2)cc1. The third-order valence-corrected chi connectivity index (χ3v) is 4.82. The number of fused-ring (bicyclic) bond motifs is 1. The molecule has 4 rings (SSSR count). The number of carbonyl (C=O) groups is 1. The molecule has 0 aromatic heterocycles. The molecule has 0 bridgehead atoms. The van der Waals surface area contributed by atoms with E-state index in [1.807, 2.05) is 48.5 Å². The zero-order valence-corrected chi connectivity index (χ0v) is 15.9. The van der Waals surface area contributed by atoms with Gasteiger partial charge < -0.3 is 14.8 Å². The Morgan fingerprint density at radius 2 is 1.57 bits per heavy atom. The van der Waals surface area contributed by atoms with Crippen LogP contribution in [-0.2, 0) is 11.2 Å². The number of rotatable bonds is 5. The molecule has 1 amide bonds. The summed E-state index contributed by atoms with van der Waals surface area (Å²) in [4.78, 5) is 12.8. The molecule has 1 unspecified atom stereocenters. The van der Waals surface area contributed by atoms with Crippen LogP contribution in [0.4, 0.5) is 0 Å². The van der Waals surface area contributed by atoms with Gasteiger partial charge in [-0.3, -0.25) is 4.79 Å². The van der Waals surface area contributed by atoms with Gasteiger partial charge in [0.2, 0.25) is 5.91 Å². The lowest BCUT2D eigenvalue weighted by atomic mass is 9.97. The van der Waals surface area contributed by atoms with E-state index in [2.05, 4.69) is 36.5 Å².